The summed E-state index contributed by atoms with van der Waals surface area (Å²) >= 11 is 4.51. The van der Waals surface area contributed by atoms with E-state index < -0.39 is 0 Å². The van der Waals surface area contributed by atoms with Crippen molar-refractivity contribution in [3.05, 3.63) is 24.3 Å². The Hall–Kier alpha value is -0.960. The van der Waals surface area contributed by atoms with Gasteiger partial charge in [0.15, 0.2) is 0 Å². The van der Waals surface area contributed by atoms with Gasteiger partial charge in [-0.3, -0.25) is 0 Å². The Morgan fingerprint density at radius 2 is 2.00 bits per heavy atom. The molecule has 2 nitrogen and oxygen atoms in total. The third-order valence-corrected chi connectivity index (χ3v) is 1.46. The second-order valence-corrected chi connectivity index (χ2v) is 2.20. The van der Waals surface area contributed by atoms with E-state index in [0.29, 0.717) is 6.61 Å². The van der Waals surface area contributed by atoms with E-state index in [4.69, 9.17) is 4.74 Å². The van der Waals surface area contributed by atoms with Gasteiger partial charge in [0.05, 0.1) is 12.3 Å². The highest BCUT2D eigenvalue weighted by Crippen LogP contribution is 2.17. The standard InChI is InChI=1S/C8H9NOS/c1-2-10-8-5-3-7(9-11)4-6-8/h3-6H,2H2,1H3. The van der Waals surface area contributed by atoms with Crippen LogP contribution in [0.5, 0.6) is 5.75 Å². The first kappa shape index (κ1) is 8.14. The minimum absolute atomic E-state index is 0.685. The van der Waals surface area contributed by atoms with Gasteiger partial charge in [-0.2, -0.15) is 4.36 Å². The Morgan fingerprint density at radius 1 is 1.36 bits per heavy atom. The molecular weight excluding hydrogens is 158 g/mol. The molecule has 0 bridgehead atoms. The third-order valence-electron chi connectivity index (χ3n) is 1.25. The summed E-state index contributed by atoms with van der Waals surface area (Å²) in [6.45, 7) is 2.63. The average molecular weight is 167 g/mol. The lowest BCUT2D eigenvalue weighted by atomic mass is 10.3. The minimum Gasteiger partial charge on any atom is -0.494 e. The summed E-state index contributed by atoms with van der Waals surface area (Å²) < 4.78 is 8.83. The summed E-state index contributed by atoms with van der Waals surface area (Å²) in [5, 5.41) is 0. The molecular formula is C8H9NOS. The summed E-state index contributed by atoms with van der Waals surface area (Å²) in [6.07, 6.45) is 0. The molecule has 0 fully saturated rings. The van der Waals surface area contributed by atoms with Crippen molar-refractivity contribution in [2.45, 2.75) is 6.92 Å². The lowest BCUT2D eigenvalue weighted by Crippen LogP contribution is -1.89. The van der Waals surface area contributed by atoms with E-state index in [1.807, 2.05) is 31.2 Å². The van der Waals surface area contributed by atoms with Crippen LogP contribution in [0, 0.1) is 0 Å². The van der Waals surface area contributed by atoms with Gasteiger partial charge in [-0.25, -0.2) is 0 Å². The maximum atomic E-state index is 5.23. The van der Waals surface area contributed by atoms with Crippen molar-refractivity contribution in [1.29, 1.82) is 0 Å². The molecule has 0 atom stereocenters. The predicted octanol–water partition coefficient (Wildman–Crippen LogP) is 2.45. The molecule has 0 heterocycles. The lowest BCUT2D eigenvalue weighted by molar-refractivity contribution is 0.340. The van der Waals surface area contributed by atoms with Gasteiger partial charge in [0.2, 0.25) is 0 Å². The van der Waals surface area contributed by atoms with Crippen LogP contribution in [0.25, 0.3) is 0 Å². The molecule has 0 aromatic heterocycles. The molecule has 1 aromatic rings. The first-order chi connectivity index (χ1) is 5.36. The van der Waals surface area contributed by atoms with Crippen molar-refractivity contribution >= 4 is 18.1 Å². The van der Waals surface area contributed by atoms with Crippen molar-refractivity contribution in [3.63, 3.8) is 0 Å². The Labute approximate surface area is 71.4 Å². The van der Waals surface area contributed by atoms with Crippen LogP contribution in [0.15, 0.2) is 28.6 Å². The van der Waals surface area contributed by atoms with Crippen LogP contribution in [0.1, 0.15) is 6.92 Å². The molecule has 0 saturated carbocycles. The van der Waals surface area contributed by atoms with Gasteiger partial charge in [0.1, 0.15) is 5.75 Å². The molecule has 1 aromatic carbocycles. The van der Waals surface area contributed by atoms with Crippen molar-refractivity contribution < 1.29 is 4.74 Å². The zero-order chi connectivity index (χ0) is 8.10. The number of nitrogens with zero attached hydrogens (tertiary/aromatic N) is 1. The summed E-state index contributed by atoms with van der Waals surface area (Å²) in [6, 6.07) is 7.37. The largest absolute Gasteiger partial charge is 0.494 e. The maximum absolute atomic E-state index is 5.23. The fourth-order valence-corrected chi connectivity index (χ4v) is 0.892. The minimum atomic E-state index is 0.685. The van der Waals surface area contributed by atoms with Crippen molar-refractivity contribution in [2.75, 3.05) is 6.61 Å². The average Bonchev–Trinajstić information content (AvgIpc) is 2.07. The third kappa shape index (κ3) is 2.27. The predicted molar refractivity (Wildman–Crippen MR) is 47.1 cm³/mol. The molecule has 11 heavy (non-hydrogen) atoms. The van der Waals surface area contributed by atoms with Gasteiger partial charge in [-0.1, -0.05) is 0 Å². The van der Waals surface area contributed by atoms with Crippen molar-refractivity contribution in [1.82, 2.24) is 0 Å². The topological polar surface area (TPSA) is 21.6 Å². The molecule has 58 valence electrons. The summed E-state index contributed by atoms with van der Waals surface area (Å²) in [5.41, 5.74) is 0.795. The molecule has 0 saturated heterocycles. The van der Waals surface area contributed by atoms with Gasteiger partial charge < -0.3 is 4.74 Å². The normalized spacial score (nSPS) is 9.18. The monoisotopic (exact) mass is 167 g/mol. The highest BCUT2D eigenvalue weighted by molar-refractivity contribution is 7.47. The smallest absolute Gasteiger partial charge is 0.119 e. The first-order valence-corrected chi connectivity index (χ1v) is 3.79. The van der Waals surface area contributed by atoms with Crippen LogP contribution in [-0.2, 0) is 12.4 Å². The van der Waals surface area contributed by atoms with E-state index in [2.05, 4.69) is 16.8 Å². The SMILES string of the molecule is CCOc1ccc(N=S)cc1. The van der Waals surface area contributed by atoms with Crippen LogP contribution in [0.2, 0.25) is 0 Å². The molecule has 0 spiro atoms. The lowest BCUT2D eigenvalue weighted by Gasteiger charge is -2.00. The second-order valence-electron chi connectivity index (χ2n) is 2.02. The Kier molecular flexibility index (Phi) is 2.98. The van der Waals surface area contributed by atoms with E-state index in [0.717, 1.165) is 11.4 Å². The van der Waals surface area contributed by atoms with Crippen molar-refractivity contribution in [3.8, 4) is 5.75 Å². The van der Waals surface area contributed by atoms with Crippen molar-refractivity contribution in [2.24, 2.45) is 4.36 Å². The quantitative estimate of drug-likeness (QED) is 0.689. The Morgan fingerprint density at radius 3 is 2.45 bits per heavy atom. The van der Waals surface area contributed by atoms with Crippen LogP contribution in [-0.4, -0.2) is 6.61 Å². The van der Waals surface area contributed by atoms with Crippen LogP contribution in [0.3, 0.4) is 0 Å². The molecule has 0 N–H and O–H groups in total. The number of hydrogen-bond donors (Lipinski definition) is 0. The molecule has 0 radical (unpaired) electrons. The van der Waals surface area contributed by atoms with E-state index in [9.17, 15) is 0 Å². The molecule has 3 heteroatoms. The van der Waals surface area contributed by atoms with Crippen LogP contribution < -0.4 is 4.74 Å². The number of rotatable bonds is 3. The summed E-state index contributed by atoms with van der Waals surface area (Å²) in [5.74, 6) is 0.856. The van der Waals surface area contributed by atoms with Gasteiger partial charge in [0.25, 0.3) is 0 Å². The number of hydrogen-bond acceptors (Lipinski definition) is 3. The van der Waals surface area contributed by atoms with Crippen LogP contribution >= 0.6 is 0 Å². The molecule has 1 rings (SSSR count). The summed E-state index contributed by atoms with van der Waals surface area (Å²) in [7, 11) is 0. The van der Waals surface area contributed by atoms with E-state index in [1.54, 1.807) is 0 Å². The summed E-state index contributed by atoms with van der Waals surface area (Å²) in [4.78, 5) is 0. The molecule has 0 unspecified atom stereocenters. The molecule has 0 amide bonds. The fourth-order valence-electron chi connectivity index (χ4n) is 0.770. The van der Waals surface area contributed by atoms with E-state index in [1.165, 1.54) is 0 Å². The zero-order valence-corrected chi connectivity index (χ0v) is 7.10. The number of ether oxygens (including phenoxy) is 1. The Balaban J connectivity index is 2.74. The zero-order valence-electron chi connectivity index (χ0n) is 6.28. The van der Waals surface area contributed by atoms with E-state index >= 15 is 0 Å². The molecule has 0 aliphatic rings. The Bertz CT molecular complexity index is 232. The highest BCUT2D eigenvalue weighted by Gasteiger charge is 1.90. The highest BCUT2D eigenvalue weighted by atomic mass is 32.1. The van der Waals surface area contributed by atoms with Gasteiger partial charge in [-0.15, -0.1) is 0 Å². The van der Waals surface area contributed by atoms with E-state index in [-0.39, 0.29) is 0 Å². The van der Waals surface area contributed by atoms with Gasteiger partial charge in [-0.05, 0) is 31.2 Å². The fraction of sp³-hybridized carbons (Fsp3) is 0.250. The second kappa shape index (κ2) is 4.03. The molecule has 0 aliphatic carbocycles. The number of benzene rings is 1. The van der Waals surface area contributed by atoms with Gasteiger partial charge in [0, 0.05) is 12.4 Å². The first-order valence-electron chi connectivity index (χ1n) is 3.43. The van der Waals surface area contributed by atoms with Gasteiger partial charge >= 0.3 is 0 Å². The maximum Gasteiger partial charge on any atom is 0.119 e. The molecule has 0 aliphatic heterocycles. The van der Waals surface area contributed by atoms with Crippen LogP contribution in [0.4, 0.5) is 5.69 Å².